The maximum Gasteiger partial charge on any atom is 0.258 e. The number of rotatable bonds is 3. The molecule has 25 heavy (non-hydrogen) atoms. The number of hydrogen-bond acceptors (Lipinski definition) is 4. The summed E-state index contributed by atoms with van der Waals surface area (Å²) in [4.78, 5) is 30.0. The first kappa shape index (κ1) is 15.3. The van der Waals surface area contributed by atoms with E-state index >= 15 is 0 Å². The minimum atomic E-state index is -0.368. The van der Waals surface area contributed by atoms with E-state index in [0.717, 1.165) is 5.56 Å². The van der Waals surface area contributed by atoms with Gasteiger partial charge in [0.05, 0.1) is 5.56 Å². The Hall–Kier alpha value is -3.28. The second-order valence-corrected chi connectivity index (χ2v) is 5.92. The van der Waals surface area contributed by atoms with Crippen LogP contribution >= 0.6 is 0 Å². The molecule has 0 aliphatic carbocycles. The summed E-state index contributed by atoms with van der Waals surface area (Å²) >= 11 is 0. The first-order valence-electron chi connectivity index (χ1n) is 7.71. The van der Waals surface area contributed by atoms with Gasteiger partial charge in [-0.2, -0.15) is 0 Å². The summed E-state index contributed by atoms with van der Waals surface area (Å²) in [5, 5.41) is 11.0. The molecule has 124 valence electrons. The summed E-state index contributed by atoms with van der Waals surface area (Å²) in [5.41, 5.74) is 1.99. The van der Waals surface area contributed by atoms with Crippen LogP contribution < -0.4 is 0 Å². The van der Waals surface area contributed by atoms with Gasteiger partial charge in [-0.1, -0.05) is 18.2 Å². The zero-order valence-electron chi connectivity index (χ0n) is 13.1. The zero-order chi connectivity index (χ0) is 17.6. The van der Waals surface area contributed by atoms with Crippen molar-refractivity contribution < 1.29 is 19.1 Å². The smallest absolute Gasteiger partial charge is 0.258 e. The van der Waals surface area contributed by atoms with E-state index in [-0.39, 0.29) is 41.6 Å². The molecule has 1 aromatic heterocycles. The summed E-state index contributed by atoms with van der Waals surface area (Å²) in [6, 6.07) is 9.23. The molecule has 0 saturated carbocycles. The number of nitrogens with zero attached hydrogens (tertiary/aromatic N) is 2. The minimum Gasteiger partial charge on any atom is -0.505 e. The Balaban J connectivity index is 1.80. The van der Waals surface area contributed by atoms with Gasteiger partial charge in [-0.15, -0.1) is 0 Å². The Morgan fingerprint density at radius 3 is 2.72 bits per heavy atom. The lowest BCUT2D eigenvalue weighted by Crippen LogP contribution is -2.23. The number of halogens is 1. The minimum absolute atomic E-state index is 0.121. The van der Waals surface area contributed by atoms with Crippen LogP contribution in [0.2, 0.25) is 0 Å². The number of carbonyl (C=O) groups excluding carboxylic acids is 2. The monoisotopic (exact) mass is 336 g/mol. The number of fused-ring (bicyclic) bond motifs is 2. The van der Waals surface area contributed by atoms with Gasteiger partial charge < -0.3 is 10.0 Å². The highest BCUT2D eigenvalue weighted by Gasteiger charge is 2.34. The van der Waals surface area contributed by atoms with Crippen LogP contribution in [-0.2, 0) is 13.1 Å². The van der Waals surface area contributed by atoms with Crippen LogP contribution in [0.15, 0.2) is 42.6 Å². The van der Waals surface area contributed by atoms with Crippen molar-refractivity contribution in [3.8, 4) is 5.75 Å². The predicted octanol–water partition coefficient (Wildman–Crippen LogP) is 3.05. The summed E-state index contributed by atoms with van der Waals surface area (Å²) in [7, 11) is 0. The molecule has 1 amide bonds. The molecule has 3 aromatic rings. The number of carbonyl (C=O) groups is 2. The molecule has 0 spiro atoms. The highest BCUT2D eigenvalue weighted by atomic mass is 19.1. The molecule has 1 aliphatic heterocycles. The van der Waals surface area contributed by atoms with Crippen molar-refractivity contribution in [3.63, 3.8) is 0 Å². The number of aromatic hydroxyl groups is 1. The molecule has 0 atom stereocenters. The van der Waals surface area contributed by atoms with E-state index in [1.807, 2.05) is 0 Å². The molecule has 0 saturated heterocycles. The van der Waals surface area contributed by atoms with E-state index in [0.29, 0.717) is 22.8 Å². The second-order valence-electron chi connectivity index (χ2n) is 5.92. The van der Waals surface area contributed by atoms with E-state index in [1.165, 1.54) is 23.2 Å². The van der Waals surface area contributed by atoms with Crippen LogP contribution in [0.1, 0.15) is 31.8 Å². The largest absolute Gasteiger partial charge is 0.505 e. The quantitative estimate of drug-likeness (QED) is 0.746. The molecule has 1 N–H and O–H groups in total. The van der Waals surface area contributed by atoms with Crippen molar-refractivity contribution in [1.82, 2.24) is 9.88 Å². The fourth-order valence-electron chi connectivity index (χ4n) is 3.26. The third-order valence-corrected chi connectivity index (χ3v) is 4.44. The molecule has 5 nitrogen and oxygen atoms in total. The van der Waals surface area contributed by atoms with Crippen molar-refractivity contribution in [2.45, 2.75) is 13.1 Å². The average molecular weight is 336 g/mol. The third kappa shape index (κ3) is 2.34. The van der Waals surface area contributed by atoms with Crippen LogP contribution in [0.25, 0.3) is 10.9 Å². The predicted molar refractivity (Wildman–Crippen MR) is 88.8 cm³/mol. The second kappa shape index (κ2) is 5.66. The fourth-order valence-corrected chi connectivity index (χ4v) is 3.26. The molecule has 1 aliphatic rings. The Kier molecular flexibility index (Phi) is 3.46. The van der Waals surface area contributed by atoms with Gasteiger partial charge in [-0.3, -0.25) is 14.6 Å². The Morgan fingerprint density at radius 2 is 2.00 bits per heavy atom. The van der Waals surface area contributed by atoms with E-state index in [9.17, 15) is 19.1 Å². The molecule has 0 radical (unpaired) electrons. The van der Waals surface area contributed by atoms with Crippen molar-refractivity contribution >= 4 is 23.1 Å². The fraction of sp³-hybridized carbons (Fsp3) is 0.105. The Morgan fingerprint density at radius 1 is 1.24 bits per heavy atom. The van der Waals surface area contributed by atoms with Crippen LogP contribution in [-0.4, -0.2) is 27.2 Å². The lowest BCUT2D eigenvalue weighted by molar-refractivity contribution is 0.0764. The number of phenols is 1. The Bertz CT molecular complexity index is 1020. The Labute approximate surface area is 142 Å². The molecule has 2 heterocycles. The topological polar surface area (TPSA) is 70.5 Å². The van der Waals surface area contributed by atoms with Gasteiger partial charge in [0.2, 0.25) is 0 Å². The van der Waals surface area contributed by atoms with Gasteiger partial charge >= 0.3 is 0 Å². The number of aromatic nitrogens is 1. The summed E-state index contributed by atoms with van der Waals surface area (Å²) in [5.74, 6) is -0.923. The number of amides is 1. The highest BCUT2D eigenvalue weighted by molar-refractivity contribution is 6.11. The first-order valence-corrected chi connectivity index (χ1v) is 7.71. The van der Waals surface area contributed by atoms with Crippen LogP contribution in [0.3, 0.4) is 0 Å². The van der Waals surface area contributed by atoms with E-state index < -0.39 is 0 Å². The van der Waals surface area contributed by atoms with Crippen LogP contribution in [0, 0.1) is 5.82 Å². The van der Waals surface area contributed by atoms with E-state index in [2.05, 4.69) is 4.98 Å². The van der Waals surface area contributed by atoms with Gasteiger partial charge in [0, 0.05) is 30.2 Å². The van der Waals surface area contributed by atoms with Gasteiger partial charge in [0.1, 0.15) is 11.3 Å². The number of benzene rings is 2. The van der Waals surface area contributed by atoms with Gasteiger partial charge in [-0.05, 0) is 29.3 Å². The number of aldehydes is 1. The van der Waals surface area contributed by atoms with Gasteiger partial charge in [-0.25, -0.2) is 4.39 Å². The van der Waals surface area contributed by atoms with Crippen molar-refractivity contribution in [1.29, 1.82) is 0 Å². The number of hydrogen-bond donors (Lipinski definition) is 1. The third-order valence-electron chi connectivity index (χ3n) is 4.44. The standard InChI is InChI=1S/C19H13FN2O3/c20-12-5-3-11(4-6-12)8-22-9-14-15(10-23)13-2-1-7-21-17(13)18(24)16(14)19(22)25/h1-7,10,24H,8-9H2. The molecule has 2 aromatic carbocycles. The summed E-state index contributed by atoms with van der Waals surface area (Å²) in [6.07, 6.45) is 2.19. The molecular weight excluding hydrogens is 323 g/mol. The molecular formula is C19H13FN2O3. The molecule has 0 bridgehead atoms. The molecule has 4 rings (SSSR count). The van der Waals surface area contributed by atoms with Crippen molar-refractivity contribution in [3.05, 3.63) is 70.7 Å². The SMILES string of the molecule is O=Cc1c2c(c(O)c3ncccc13)C(=O)N(Cc1ccc(F)cc1)C2. The number of phenolic OH excluding ortho intramolecular Hbond substituents is 1. The molecule has 6 heteroatoms. The maximum absolute atomic E-state index is 13.0. The lowest BCUT2D eigenvalue weighted by Gasteiger charge is -2.15. The number of pyridine rings is 1. The summed E-state index contributed by atoms with van der Waals surface area (Å²) in [6.45, 7) is 0.466. The zero-order valence-corrected chi connectivity index (χ0v) is 13.1. The molecule has 0 unspecified atom stereocenters. The van der Waals surface area contributed by atoms with Crippen molar-refractivity contribution in [2.24, 2.45) is 0 Å². The van der Waals surface area contributed by atoms with Crippen LogP contribution in [0.4, 0.5) is 4.39 Å². The molecule has 0 fully saturated rings. The lowest BCUT2D eigenvalue weighted by atomic mass is 9.97. The van der Waals surface area contributed by atoms with Gasteiger partial charge in [0.15, 0.2) is 12.0 Å². The van der Waals surface area contributed by atoms with Gasteiger partial charge in [0.25, 0.3) is 5.91 Å². The average Bonchev–Trinajstić information content (AvgIpc) is 2.94. The van der Waals surface area contributed by atoms with E-state index in [4.69, 9.17) is 0 Å². The first-order chi connectivity index (χ1) is 12.1. The normalized spacial score (nSPS) is 13.3. The van der Waals surface area contributed by atoms with E-state index in [1.54, 1.807) is 24.3 Å². The van der Waals surface area contributed by atoms with Crippen LogP contribution in [0.5, 0.6) is 5.75 Å². The summed E-state index contributed by atoms with van der Waals surface area (Å²) < 4.78 is 13.0. The highest BCUT2D eigenvalue weighted by Crippen LogP contribution is 2.39. The maximum atomic E-state index is 13.0. The van der Waals surface area contributed by atoms with Crippen molar-refractivity contribution in [2.75, 3.05) is 0 Å².